The molecule has 3 nitrogen and oxygen atoms in total. The van der Waals surface area contributed by atoms with E-state index in [2.05, 4.69) is 0 Å². The van der Waals surface area contributed by atoms with Gasteiger partial charge in [0.2, 0.25) is 6.62 Å². The molecule has 3 aromatic rings. The van der Waals surface area contributed by atoms with Gasteiger partial charge < -0.3 is 0 Å². The Kier molecular flexibility index (Phi) is 4.75. The first-order valence-corrected chi connectivity index (χ1v) is 11.3. The highest BCUT2D eigenvalue weighted by Crippen LogP contribution is 2.60. The molecule has 0 saturated carbocycles. The number of rotatable bonds is 4. The number of hydrogen-bond donors (Lipinski definition) is 1. The molecular formula is C18H15ClO3PS+. The summed E-state index contributed by atoms with van der Waals surface area (Å²) >= 11 is 7.17. The molecule has 0 bridgehead atoms. The van der Waals surface area contributed by atoms with Crippen molar-refractivity contribution in [2.45, 2.75) is 4.90 Å². The third-order valence-corrected chi connectivity index (χ3v) is 9.31. The Bertz CT molecular complexity index is 905. The summed E-state index contributed by atoms with van der Waals surface area (Å²) in [6, 6.07) is 25.4. The molecule has 0 saturated heterocycles. The van der Waals surface area contributed by atoms with E-state index in [0.29, 0.717) is 5.30 Å². The lowest BCUT2D eigenvalue weighted by Crippen LogP contribution is -2.27. The van der Waals surface area contributed by atoms with E-state index >= 15 is 0 Å². The lowest BCUT2D eigenvalue weighted by atomic mass is 10.3. The first-order valence-electron chi connectivity index (χ1n) is 7.20. The zero-order valence-electron chi connectivity index (χ0n) is 12.6. The van der Waals surface area contributed by atoms with Crippen LogP contribution in [0.25, 0.3) is 0 Å². The van der Waals surface area contributed by atoms with Gasteiger partial charge in [-0.1, -0.05) is 42.5 Å². The second kappa shape index (κ2) is 6.66. The second-order valence-corrected chi connectivity index (χ2v) is 10.9. The van der Waals surface area contributed by atoms with E-state index in [1.807, 2.05) is 60.7 Å². The summed E-state index contributed by atoms with van der Waals surface area (Å²) in [6.45, 7) is -2.53. The van der Waals surface area contributed by atoms with Crippen LogP contribution in [0.2, 0.25) is 0 Å². The third kappa shape index (κ3) is 3.24. The summed E-state index contributed by atoms with van der Waals surface area (Å²) in [4.78, 5) is -0.156. The lowest BCUT2D eigenvalue weighted by Gasteiger charge is -2.19. The molecule has 0 fully saturated rings. The van der Waals surface area contributed by atoms with Crippen molar-refractivity contribution in [3.8, 4) is 0 Å². The maximum atomic E-state index is 11.5. The van der Waals surface area contributed by atoms with Crippen molar-refractivity contribution in [1.29, 1.82) is 0 Å². The molecule has 0 heterocycles. The van der Waals surface area contributed by atoms with Crippen LogP contribution in [0.3, 0.4) is 0 Å². The van der Waals surface area contributed by atoms with E-state index in [1.165, 1.54) is 12.1 Å². The SMILES string of the molecule is O=S(=O)(O)c1cccc([P+](Cl)(c2ccccc2)c2ccccc2)c1. The van der Waals surface area contributed by atoms with Gasteiger partial charge in [0, 0.05) is 6.07 Å². The molecule has 0 aliphatic heterocycles. The molecule has 0 aromatic heterocycles. The summed E-state index contributed by atoms with van der Waals surface area (Å²) in [7, 11) is -4.29. The standard InChI is InChI=1S/C18H14ClO3PS/c19-23(15-8-3-1-4-9-15,16-10-5-2-6-11-16)17-12-7-13-18(14-17)24(20,21)22/h1-14H/p+1. The van der Waals surface area contributed by atoms with Crippen LogP contribution in [0, 0.1) is 0 Å². The average molecular weight is 378 g/mol. The van der Waals surface area contributed by atoms with Crippen LogP contribution < -0.4 is 15.9 Å². The van der Waals surface area contributed by atoms with Crippen LogP contribution in [-0.2, 0) is 10.1 Å². The fourth-order valence-electron chi connectivity index (χ4n) is 2.55. The number of halogens is 1. The predicted octanol–water partition coefficient (Wildman–Crippen LogP) is 3.38. The zero-order chi connectivity index (χ0) is 17.2. The zero-order valence-corrected chi connectivity index (χ0v) is 15.0. The minimum absolute atomic E-state index is 0.156. The van der Waals surface area contributed by atoms with E-state index < -0.39 is 16.7 Å². The van der Waals surface area contributed by atoms with Crippen LogP contribution >= 0.6 is 17.9 Å². The van der Waals surface area contributed by atoms with Gasteiger partial charge in [-0.3, -0.25) is 4.55 Å². The maximum absolute atomic E-state index is 11.5. The van der Waals surface area contributed by atoms with Crippen LogP contribution in [0.4, 0.5) is 0 Å². The van der Waals surface area contributed by atoms with Crippen molar-refractivity contribution in [3.05, 3.63) is 84.9 Å². The summed E-state index contributed by atoms with van der Waals surface area (Å²) in [5.41, 5.74) is 0. The molecule has 0 aliphatic carbocycles. The van der Waals surface area contributed by atoms with Crippen LogP contribution in [0.1, 0.15) is 0 Å². The first-order chi connectivity index (χ1) is 11.4. The third-order valence-electron chi connectivity index (χ3n) is 3.70. The topological polar surface area (TPSA) is 54.4 Å². The summed E-state index contributed by atoms with van der Waals surface area (Å²) in [6.07, 6.45) is 0. The highest BCUT2D eigenvalue weighted by molar-refractivity contribution is 8.15. The largest absolute Gasteiger partial charge is 0.294 e. The highest BCUT2D eigenvalue weighted by atomic mass is 35.7. The highest BCUT2D eigenvalue weighted by Gasteiger charge is 2.45. The Hall–Kier alpha value is -1.71. The Morgan fingerprint density at radius 1 is 0.708 bits per heavy atom. The Morgan fingerprint density at radius 3 is 1.62 bits per heavy atom. The Balaban J connectivity index is 2.28. The van der Waals surface area contributed by atoms with E-state index in [1.54, 1.807) is 12.1 Å². The number of benzene rings is 3. The molecule has 3 rings (SSSR count). The van der Waals surface area contributed by atoms with E-state index in [4.69, 9.17) is 11.2 Å². The Morgan fingerprint density at radius 2 is 1.17 bits per heavy atom. The average Bonchev–Trinajstić information content (AvgIpc) is 2.62. The van der Waals surface area contributed by atoms with E-state index in [9.17, 15) is 13.0 Å². The molecule has 6 heteroatoms. The molecular weight excluding hydrogens is 363 g/mol. The van der Waals surface area contributed by atoms with Gasteiger partial charge >= 0.3 is 0 Å². The van der Waals surface area contributed by atoms with Crippen molar-refractivity contribution in [2.75, 3.05) is 0 Å². The monoisotopic (exact) mass is 377 g/mol. The fraction of sp³-hybridized carbons (Fsp3) is 0. The molecule has 122 valence electrons. The number of hydrogen-bond acceptors (Lipinski definition) is 2. The van der Waals surface area contributed by atoms with Gasteiger partial charge in [-0.2, -0.15) is 8.42 Å². The smallest absolute Gasteiger partial charge is 0.282 e. The minimum atomic E-state index is -4.29. The van der Waals surface area contributed by atoms with Crippen LogP contribution in [0.5, 0.6) is 0 Å². The van der Waals surface area contributed by atoms with Crippen molar-refractivity contribution < 1.29 is 13.0 Å². The van der Waals surface area contributed by atoms with Gasteiger partial charge in [0.1, 0.15) is 27.2 Å². The summed E-state index contributed by atoms with van der Waals surface area (Å²) < 4.78 is 32.4. The van der Waals surface area contributed by atoms with Crippen molar-refractivity contribution in [1.82, 2.24) is 0 Å². The summed E-state index contributed by atoms with van der Waals surface area (Å²) in [5, 5.41) is 2.52. The molecule has 0 spiro atoms. The van der Waals surface area contributed by atoms with Gasteiger partial charge in [-0.15, -0.1) is 0 Å². The van der Waals surface area contributed by atoms with Gasteiger partial charge in [0.05, 0.1) is 4.90 Å². The molecule has 0 radical (unpaired) electrons. The van der Waals surface area contributed by atoms with Crippen molar-refractivity contribution in [2.24, 2.45) is 0 Å². The lowest BCUT2D eigenvalue weighted by molar-refractivity contribution is 0.483. The van der Waals surface area contributed by atoms with Crippen LogP contribution in [-0.4, -0.2) is 13.0 Å². The van der Waals surface area contributed by atoms with Crippen LogP contribution in [0.15, 0.2) is 89.8 Å². The second-order valence-electron chi connectivity index (χ2n) is 5.23. The molecule has 0 aliphatic rings. The Labute approximate surface area is 146 Å². The minimum Gasteiger partial charge on any atom is -0.282 e. The van der Waals surface area contributed by atoms with E-state index in [-0.39, 0.29) is 4.90 Å². The van der Waals surface area contributed by atoms with Crippen molar-refractivity contribution in [3.63, 3.8) is 0 Å². The van der Waals surface area contributed by atoms with Gasteiger partial charge in [0.25, 0.3) is 10.1 Å². The molecule has 24 heavy (non-hydrogen) atoms. The van der Waals surface area contributed by atoms with E-state index in [0.717, 1.165) is 10.6 Å². The molecule has 3 aromatic carbocycles. The molecule has 0 atom stereocenters. The van der Waals surface area contributed by atoms with Gasteiger partial charge in [-0.25, -0.2) is 0 Å². The van der Waals surface area contributed by atoms with Gasteiger partial charge in [-0.05, 0) is 36.4 Å². The fourth-order valence-corrected chi connectivity index (χ4v) is 6.82. The normalized spacial score (nSPS) is 12.1. The summed E-state index contributed by atoms with van der Waals surface area (Å²) in [5.74, 6) is 0. The first kappa shape index (κ1) is 17.1. The molecule has 0 amide bonds. The molecule has 0 unspecified atom stereocenters. The van der Waals surface area contributed by atoms with Gasteiger partial charge in [0.15, 0.2) is 0 Å². The van der Waals surface area contributed by atoms with Crippen molar-refractivity contribution >= 4 is 43.9 Å². The maximum Gasteiger partial charge on any atom is 0.294 e. The molecule has 1 N–H and O–H groups in total. The predicted molar refractivity (Wildman–Crippen MR) is 101 cm³/mol. The quantitative estimate of drug-likeness (QED) is 0.560.